The lowest BCUT2D eigenvalue weighted by Gasteiger charge is -2.21. The van der Waals surface area contributed by atoms with Gasteiger partial charge in [0, 0.05) is 34.7 Å². The van der Waals surface area contributed by atoms with E-state index >= 15 is 0 Å². The Kier molecular flexibility index (Phi) is 3.91. The molecular weight excluding hydrogens is 304 g/mol. The molecule has 1 N–H and O–H groups in total. The number of amides is 1. The van der Waals surface area contributed by atoms with Gasteiger partial charge in [0.1, 0.15) is 4.88 Å². The lowest BCUT2D eigenvalue weighted by molar-refractivity contribution is 0.0962. The highest BCUT2D eigenvalue weighted by molar-refractivity contribution is 7.21. The first kappa shape index (κ1) is 14.4. The van der Waals surface area contributed by atoms with E-state index in [1.807, 2.05) is 18.2 Å². The number of benzene rings is 1. The third-order valence-corrected chi connectivity index (χ3v) is 4.93. The summed E-state index contributed by atoms with van der Waals surface area (Å²) < 4.78 is 1.10. The average Bonchev–Trinajstić information content (AvgIpc) is 2.73. The number of fused-ring (bicyclic) bond motifs is 3. The second-order valence-electron chi connectivity index (χ2n) is 5.40. The van der Waals surface area contributed by atoms with Crippen LogP contribution in [0, 0.1) is 0 Å². The van der Waals surface area contributed by atoms with Gasteiger partial charge >= 0.3 is 0 Å². The number of hydrogen-bond acceptors (Lipinski definition) is 3. The van der Waals surface area contributed by atoms with Crippen molar-refractivity contribution in [2.24, 2.45) is 0 Å². The molecule has 5 heteroatoms. The maximum Gasteiger partial charge on any atom is 0.263 e. The molecule has 1 amide bonds. The molecule has 2 heterocycles. The molecule has 0 saturated carbocycles. The fraction of sp³-hybridized carbons (Fsp3) is 0.312. The molecule has 3 rings (SSSR count). The van der Waals surface area contributed by atoms with E-state index in [9.17, 15) is 4.79 Å². The minimum Gasteiger partial charge on any atom is -0.364 e. The van der Waals surface area contributed by atoms with Gasteiger partial charge in [-0.05, 0) is 32.0 Å². The molecular formula is C16H17ClN2OS. The zero-order valence-electron chi connectivity index (χ0n) is 12.1. The summed E-state index contributed by atoms with van der Waals surface area (Å²) in [5.41, 5.74) is 2.29. The van der Waals surface area contributed by atoms with Crippen LogP contribution in [0.2, 0.25) is 5.02 Å². The van der Waals surface area contributed by atoms with Crippen molar-refractivity contribution in [3.63, 3.8) is 0 Å². The van der Waals surface area contributed by atoms with Gasteiger partial charge in [0.15, 0.2) is 0 Å². The van der Waals surface area contributed by atoms with Crippen LogP contribution in [-0.4, -0.2) is 25.5 Å². The predicted octanol–water partition coefficient (Wildman–Crippen LogP) is 4.07. The van der Waals surface area contributed by atoms with Gasteiger partial charge < -0.3 is 10.2 Å². The third kappa shape index (κ3) is 2.78. The maximum atomic E-state index is 12.3. The topological polar surface area (TPSA) is 32.3 Å². The fourth-order valence-corrected chi connectivity index (χ4v) is 3.79. The van der Waals surface area contributed by atoms with Gasteiger partial charge in [-0.15, -0.1) is 11.3 Å². The summed E-state index contributed by atoms with van der Waals surface area (Å²) in [7, 11) is 0. The quantitative estimate of drug-likeness (QED) is 0.846. The molecule has 3 nitrogen and oxygen atoms in total. The zero-order chi connectivity index (χ0) is 15.0. The Balaban J connectivity index is 2.17. The van der Waals surface area contributed by atoms with Crippen molar-refractivity contribution in [3.8, 4) is 0 Å². The number of halogens is 1. The smallest absolute Gasteiger partial charge is 0.263 e. The highest BCUT2D eigenvalue weighted by Crippen LogP contribution is 2.40. The van der Waals surface area contributed by atoms with Crippen LogP contribution < -0.4 is 10.2 Å². The summed E-state index contributed by atoms with van der Waals surface area (Å²) >= 11 is 7.68. The monoisotopic (exact) mass is 320 g/mol. The highest BCUT2D eigenvalue weighted by atomic mass is 35.5. The molecule has 0 saturated heterocycles. The normalized spacial score (nSPS) is 14.6. The van der Waals surface area contributed by atoms with Crippen LogP contribution in [0.25, 0.3) is 10.1 Å². The van der Waals surface area contributed by atoms with Crippen LogP contribution in [0.4, 0.5) is 5.69 Å². The van der Waals surface area contributed by atoms with Crippen molar-refractivity contribution in [2.75, 3.05) is 24.5 Å². The molecule has 0 fully saturated rings. The minimum absolute atomic E-state index is 0.0158. The number of allylic oxidation sites excluding steroid dienone is 1. The summed E-state index contributed by atoms with van der Waals surface area (Å²) in [6.45, 7) is 6.46. The molecule has 0 unspecified atom stereocenters. The molecule has 0 bridgehead atoms. The standard InChI is InChI=1S/C16H17ClN2OS/c1-10(2)5-7-19-8-6-18-16(20)15-14(19)12-9-11(17)3-4-13(12)21-15/h3-5,9H,6-8H2,1-2H3,(H,18,20). The van der Waals surface area contributed by atoms with E-state index in [0.717, 1.165) is 33.7 Å². The van der Waals surface area contributed by atoms with Crippen LogP contribution in [0.5, 0.6) is 0 Å². The van der Waals surface area contributed by atoms with Crippen LogP contribution in [0.3, 0.4) is 0 Å². The molecule has 0 radical (unpaired) electrons. The van der Waals surface area contributed by atoms with E-state index in [1.165, 1.54) is 16.9 Å². The first-order valence-corrected chi connectivity index (χ1v) is 8.14. The first-order valence-electron chi connectivity index (χ1n) is 6.95. The van der Waals surface area contributed by atoms with Gasteiger partial charge in [0.25, 0.3) is 5.91 Å². The van der Waals surface area contributed by atoms with Gasteiger partial charge in [-0.2, -0.15) is 0 Å². The zero-order valence-corrected chi connectivity index (χ0v) is 13.6. The predicted molar refractivity (Wildman–Crippen MR) is 90.8 cm³/mol. The van der Waals surface area contributed by atoms with E-state index < -0.39 is 0 Å². The van der Waals surface area contributed by atoms with Crippen LogP contribution >= 0.6 is 22.9 Å². The van der Waals surface area contributed by atoms with E-state index in [2.05, 4.69) is 30.1 Å². The molecule has 0 spiro atoms. The first-order chi connectivity index (χ1) is 10.1. The molecule has 1 aromatic heterocycles. The highest BCUT2D eigenvalue weighted by Gasteiger charge is 2.25. The number of carbonyl (C=O) groups excluding carboxylic acids is 1. The van der Waals surface area contributed by atoms with Crippen molar-refractivity contribution >= 4 is 44.6 Å². The molecule has 110 valence electrons. The Morgan fingerprint density at radius 1 is 1.48 bits per heavy atom. The Hall–Kier alpha value is -1.52. The van der Waals surface area contributed by atoms with Gasteiger partial charge in [-0.1, -0.05) is 23.3 Å². The number of hydrogen-bond donors (Lipinski definition) is 1. The van der Waals surface area contributed by atoms with Gasteiger partial charge in [-0.3, -0.25) is 4.79 Å². The Labute approximate surface area is 133 Å². The molecule has 1 aliphatic rings. The molecule has 1 aromatic carbocycles. The fourth-order valence-electron chi connectivity index (χ4n) is 2.50. The Bertz CT molecular complexity index is 731. The van der Waals surface area contributed by atoms with Crippen LogP contribution in [-0.2, 0) is 0 Å². The number of nitrogens with zero attached hydrogens (tertiary/aromatic N) is 1. The van der Waals surface area contributed by atoms with E-state index in [4.69, 9.17) is 11.6 Å². The van der Waals surface area contributed by atoms with E-state index in [1.54, 1.807) is 0 Å². The SMILES string of the molecule is CC(C)=CCN1CCNC(=O)c2sc3ccc(Cl)cc3c21. The number of anilines is 1. The van der Waals surface area contributed by atoms with Crippen LogP contribution in [0.1, 0.15) is 23.5 Å². The number of thiophene rings is 1. The summed E-state index contributed by atoms with van der Waals surface area (Å²) in [6.07, 6.45) is 2.19. The summed E-state index contributed by atoms with van der Waals surface area (Å²) in [6, 6.07) is 5.82. The molecule has 21 heavy (non-hydrogen) atoms. The summed E-state index contributed by atoms with van der Waals surface area (Å²) in [5, 5.41) is 4.74. The van der Waals surface area contributed by atoms with Gasteiger partial charge in [0.2, 0.25) is 0 Å². The lowest BCUT2D eigenvalue weighted by Crippen LogP contribution is -2.30. The summed E-state index contributed by atoms with van der Waals surface area (Å²) in [4.78, 5) is 15.3. The van der Waals surface area contributed by atoms with E-state index in [-0.39, 0.29) is 5.91 Å². The van der Waals surface area contributed by atoms with Crippen LogP contribution in [0.15, 0.2) is 29.8 Å². The second-order valence-corrected chi connectivity index (χ2v) is 6.89. The lowest BCUT2D eigenvalue weighted by atomic mass is 10.2. The van der Waals surface area contributed by atoms with Crippen molar-refractivity contribution in [2.45, 2.75) is 13.8 Å². The Morgan fingerprint density at radius 2 is 2.29 bits per heavy atom. The largest absolute Gasteiger partial charge is 0.364 e. The molecule has 0 aliphatic carbocycles. The minimum atomic E-state index is 0.0158. The van der Waals surface area contributed by atoms with Crippen molar-refractivity contribution in [1.82, 2.24) is 5.32 Å². The third-order valence-electron chi connectivity index (χ3n) is 3.53. The second kappa shape index (κ2) is 5.70. The molecule has 2 aromatic rings. The average molecular weight is 321 g/mol. The number of nitrogens with one attached hydrogen (secondary N) is 1. The van der Waals surface area contributed by atoms with Gasteiger partial charge in [0.05, 0.1) is 5.69 Å². The van der Waals surface area contributed by atoms with Crippen molar-refractivity contribution in [1.29, 1.82) is 0 Å². The van der Waals surface area contributed by atoms with Crippen molar-refractivity contribution in [3.05, 3.63) is 39.7 Å². The summed E-state index contributed by atoms with van der Waals surface area (Å²) in [5.74, 6) is 0.0158. The maximum absolute atomic E-state index is 12.3. The van der Waals surface area contributed by atoms with E-state index in [0.29, 0.717) is 11.6 Å². The molecule has 0 atom stereocenters. The van der Waals surface area contributed by atoms with Gasteiger partial charge in [-0.25, -0.2) is 0 Å². The number of rotatable bonds is 2. The number of carbonyl (C=O) groups is 1. The Morgan fingerprint density at radius 3 is 3.05 bits per heavy atom. The molecule has 1 aliphatic heterocycles. The van der Waals surface area contributed by atoms with Crippen molar-refractivity contribution < 1.29 is 4.79 Å².